The Kier molecular flexibility index (Phi) is 3.04. The second-order valence-corrected chi connectivity index (χ2v) is 3.55. The number of rotatable bonds is 3. The first-order chi connectivity index (χ1) is 7.33. The third-order valence-electron chi connectivity index (χ3n) is 2.14. The lowest BCUT2D eigenvalue weighted by Gasteiger charge is -2.08. The van der Waals surface area contributed by atoms with Crippen molar-refractivity contribution in [1.29, 1.82) is 0 Å². The van der Waals surface area contributed by atoms with Crippen molar-refractivity contribution in [2.24, 2.45) is 0 Å². The average Bonchev–Trinajstić information content (AvgIpc) is 2.29. The fourth-order valence-corrected chi connectivity index (χ4v) is 1.69. The molecule has 2 N–H and O–H groups in total. The number of aliphatic hydroxyl groups is 1. The van der Waals surface area contributed by atoms with E-state index in [-0.39, 0.29) is 6.61 Å². The molecule has 3 nitrogen and oxygen atoms in total. The molecule has 0 aliphatic carbocycles. The van der Waals surface area contributed by atoms with Crippen molar-refractivity contribution < 1.29 is 5.11 Å². The average molecular weight is 223 g/mol. The van der Waals surface area contributed by atoms with E-state index >= 15 is 0 Å². The summed E-state index contributed by atoms with van der Waals surface area (Å²) in [4.78, 5) is 4.27. The summed E-state index contributed by atoms with van der Waals surface area (Å²) in [5, 5.41) is 13.4. The molecular weight excluding hydrogens is 212 g/mol. The summed E-state index contributed by atoms with van der Waals surface area (Å²) in [5.74, 6) is 0. The first-order valence-electron chi connectivity index (χ1n) is 4.71. The third kappa shape index (κ3) is 2.03. The molecule has 1 heterocycles. The van der Waals surface area contributed by atoms with Gasteiger partial charge in [-0.3, -0.25) is 4.98 Å². The van der Waals surface area contributed by atoms with Crippen LogP contribution in [0.4, 0.5) is 5.69 Å². The Morgan fingerprint density at radius 2 is 2.20 bits per heavy atom. The molecule has 2 aromatic rings. The van der Waals surface area contributed by atoms with Crippen LogP contribution in [0.2, 0.25) is 5.02 Å². The second-order valence-electron chi connectivity index (χ2n) is 3.14. The maximum atomic E-state index is 8.75. The first-order valence-corrected chi connectivity index (χ1v) is 5.08. The lowest BCUT2D eigenvalue weighted by molar-refractivity contribution is 0.311. The van der Waals surface area contributed by atoms with E-state index < -0.39 is 0 Å². The van der Waals surface area contributed by atoms with Gasteiger partial charge in [0.1, 0.15) is 0 Å². The molecule has 2 rings (SSSR count). The van der Waals surface area contributed by atoms with Crippen LogP contribution in [0, 0.1) is 0 Å². The third-order valence-corrected chi connectivity index (χ3v) is 2.47. The highest BCUT2D eigenvalue weighted by atomic mass is 35.5. The Morgan fingerprint density at radius 3 is 3.00 bits per heavy atom. The van der Waals surface area contributed by atoms with Gasteiger partial charge in [-0.05, 0) is 24.3 Å². The number of nitrogens with zero attached hydrogens (tertiary/aromatic N) is 1. The number of fused-ring (bicyclic) bond motifs is 1. The van der Waals surface area contributed by atoms with Gasteiger partial charge in [-0.1, -0.05) is 11.6 Å². The summed E-state index contributed by atoms with van der Waals surface area (Å²) in [6.07, 6.45) is 1.72. The molecule has 0 bridgehead atoms. The molecule has 0 aliphatic heterocycles. The van der Waals surface area contributed by atoms with Crippen molar-refractivity contribution in [2.75, 3.05) is 18.5 Å². The minimum atomic E-state index is 0.0942. The number of hydrogen-bond acceptors (Lipinski definition) is 3. The highest BCUT2D eigenvalue weighted by molar-refractivity contribution is 6.35. The van der Waals surface area contributed by atoms with Gasteiger partial charge < -0.3 is 10.4 Å². The second kappa shape index (κ2) is 4.47. The van der Waals surface area contributed by atoms with E-state index in [2.05, 4.69) is 10.3 Å². The smallest absolute Gasteiger partial charge is 0.0948 e. The van der Waals surface area contributed by atoms with Crippen LogP contribution in [0.25, 0.3) is 10.9 Å². The van der Waals surface area contributed by atoms with E-state index in [9.17, 15) is 0 Å². The minimum absolute atomic E-state index is 0.0942. The summed E-state index contributed by atoms with van der Waals surface area (Å²) in [5.41, 5.74) is 1.72. The van der Waals surface area contributed by atoms with Crippen molar-refractivity contribution in [1.82, 2.24) is 4.98 Å². The van der Waals surface area contributed by atoms with Crippen LogP contribution in [0.1, 0.15) is 0 Å². The number of aromatic nitrogens is 1. The molecule has 0 unspecified atom stereocenters. The van der Waals surface area contributed by atoms with Crippen molar-refractivity contribution in [3.05, 3.63) is 35.5 Å². The molecule has 0 spiro atoms. The number of hydrogen-bond donors (Lipinski definition) is 2. The molecule has 4 heteroatoms. The molecule has 0 amide bonds. The number of pyridine rings is 1. The number of halogens is 1. The van der Waals surface area contributed by atoms with Crippen LogP contribution < -0.4 is 5.32 Å². The van der Waals surface area contributed by atoms with Crippen LogP contribution in [0.15, 0.2) is 30.5 Å². The topological polar surface area (TPSA) is 45.1 Å². The molecule has 0 radical (unpaired) electrons. The quantitative estimate of drug-likeness (QED) is 0.838. The number of nitrogens with one attached hydrogen (secondary N) is 1. The SMILES string of the molecule is OCCNc1ccc(Cl)c2cccnc12. The van der Waals surface area contributed by atoms with E-state index in [0.717, 1.165) is 16.6 Å². The minimum Gasteiger partial charge on any atom is -0.395 e. The maximum absolute atomic E-state index is 8.75. The molecule has 1 aromatic heterocycles. The van der Waals surface area contributed by atoms with Crippen LogP contribution in [0.3, 0.4) is 0 Å². The Morgan fingerprint density at radius 1 is 1.33 bits per heavy atom. The zero-order valence-electron chi connectivity index (χ0n) is 8.07. The normalized spacial score (nSPS) is 10.5. The van der Waals surface area contributed by atoms with E-state index in [4.69, 9.17) is 16.7 Å². The van der Waals surface area contributed by atoms with Gasteiger partial charge in [-0.2, -0.15) is 0 Å². The van der Waals surface area contributed by atoms with E-state index in [0.29, 0.717) is 11.6 Å². The molecule has 0 fully saturated rings. The van der Waals surface area contributed by atoms with Crippen LogP contribution in [0.5, 0.6) is 0 Å². The van der Waals surface area contributed by atoms with Gasteiger partial charge in [0.05, 0.1) is 22.8 Å². The van der Waals surface area contributed by atoms with E-state index in [1.165, 1.54) is 0 Å². The van der Waals surface area contributed by atoms with Crippen molar-refractivity contribution in [2.45, 2.75) is 0 Å². The van der Waals surface area contributed by atoms with E-state index in [1.54, 1.807) is 6.20 Å². The molecule has 0 saturated heterocycles. The number of anilines is 1. The van der Waals surface area contributed by atoms with Crippen molar-refractivity contribution in [3.8, 4) is 0 Å². The molecular formula is C11H11ClN2O. The number of benzene rings is 1. The van der Waals surface area contributed by atoms with Crippen molar-refractivity contribution in [3.63, 3.8) is 0 Å². The fraction of sp³-hybridized carbons (Fsp3) is 0.182. The Balaban J connectivity index is 2.51. The monoisotopic (exact) mass is 222 g/mol. The van der Waals surface area contributed by atoms with Crippen LogP contribution in [-0.4, -0.2) is 23.2 Å². The molecule has 0 aliphatic rings. The fourth-order valence-electron chi connectivity index (χ4n) is 1.47. The Hall–Kier alpha value is -1.32. The maximum Gasteiger partial charge on any atom is 0.0948 e. The summed E-state index contributed by atoms with van der Waals surface area (Å²) >= 11 is 6.05. The Bertz CT molecular complexity index is 473. The predicted molar refractivity (Wildman–Crippen MR) is 62.3 cm³/mol. The lowest BCUT2D eigenvalue weighted by atomic mass is 10.2. The summed E-state index contributed by atoms with van der Waals surface area (Å²) in [7, 11) is 0. The Labute approximate surface area is 92.7 Å². The first kappa shape index (κ1) is 10.2. The van der Waals surface area contributed by atoms with Crippen LogP contribution >= 0.6 is 11.6 Å². The highest BCUT2D eigenvalue weighted by Gasteiger charge is 2.04. The molecule has 0 saturated carbocycles. The van der Waals surface area contributed by atoms with E-state index in [1.807, 2.05) is 24.3 Å². The van der Waals surface area contributed by atoms with Gasteiger partial charge in [0.25, 0.3) is 0 Å². The predicted octanol–water partition coefficient (Wildman–Crippen LogP) is 2.29. The van der Waals surface area contributed by atoms with Crippen molar-refractivity contribution >= 4 is 28.2 Å². The standard InChI is InChI=1S/C11H11ClN2O/c12-9-3-4-10(13-6-7-15)11-8(9)2-1-5-14-11/h1-5,13,15H,6-7H2. The van der Waals surface area contributed by atoms with Gasteiger partial charge in [-0.25, -0.2) is 0 Å². The zero-order chi connectivity index (χ0) is 10.7. The molecule has 0 atom stereocenters. The van der Waals surface area contributed by atoms with Gasteiger partial charge >= 0.3 is 0 Å². The molecule has 1 aromatic carbocycles. The highest BCUT2D eigenvalue weighted by Crippen LogP contribution is 2.27. The molecule has 15 heavy (non-hydrogen) atoms. The molecule has 78 valence electrons. The lowest BCUT2D eigenvalue weighted by Crippen LogP contribution is -2.06. The van der Waals surface area contributed by atoms with Gasteiger partial charge in [0, 0.05) is 18.1 Å². The summed E-state index contributed by atoms with van der Waals surface area (Å²) in [6.45, 7) is 0.601. The van der Waals surface area contributed by atoms with Gasteiger partial charge in [-0.15, -0.1) is 0 Å². The van der Waals surface area contributed by atoms with Crippen LogP contribution in [-0.2, 0) is 0 Å². The van der Waals surface area contributed by atoms with Gasteiger partial charge in [0.15, 0.2) is 0 Å². The zero-order valence-corrected chi connectivity index (χ0v) is 8.83. The summed E-state index contributed by atoms with van der Waals surface area (Å²) < 4.78 is 0. The summed E-state index contributed by atoms with van der Waals surface area (Å²) in [6, 6.07) is 7.47. The van der Waals surface area contributed by atoms with Gasteiger partial charge in [0.2, 0.25) is 0 Å². The largest absolute Gasteiger partial charge is 0.395 e. The number of aliphatic hydroxyl groups excluding tert-OH is 1.